The molecule has 1 unspecified atom stereocenters. The van der Waals surface area contributed by atoms with Crippen LogP contribution < -0.4 is 5.32 Å². The van der Waals surface area contributed by atoms with Crippen LogP contribution in [-0.4, -0.2) is 61.9 Å². The smallest absolute Gasteiger partial charge is 0.394 e. The topological polar surface area (TPSA) is 78.6 Å². The van der Waals surface area contributed by atoms with Crippen LogP contribution in [-0.2, 0) is 6.18 Å². The van der Waals surface area contributed by atoms with Crippen LogP contribution >= 0.6 is 0 Å². The second-order valence-corrected chi connectivity index (χ2v) is 6.31. The number of likely N-dealkylation sites (tertiary alicyclic amines) is 1. The molecular formula is C15H21F3N6O. The summed E-state index contributed by atoms with van der Waals surface area (Å²) in [5, 5.41) is 16.3. The van der Waals surface area contributed by atoms with Crippen molar-refractivity contribution in [1.82, 2.24) is 24.5 Å². The average Bonchev–Trinajstić information content (AvgIpc) is 2.99. The molecule has 0 spiro atoms. The fourth-order valence-corrected chi connectivity index (χ4v) is 3.02. The third-order valence-corrected chi connectivity index (χ3v) is 4.19. The van der Waals surface area contributed by atoms with Crippen LogP contribution in [0.4, 0.5) is 19.0 Å². The van der Waals surface area contributed by atoms with Crippen molar-refractivity contribution in [3.63, 3.8) is 0 Å². The number of alkyl halides is 3. The molecule has 1 aliphatic heterocycles. The maximum atomic E-state index is 12.9. The molecule has 2 aromatic heterocycles. The van der Waals surface area contributed by atoms with Crippen molar-refractivity contribution >= 4 is 11.6 Å². The van der Waals surface area contributed by atoms with E-state index in [1.807, 2.05) is 0 Å². The zero-order chi connectivity index (χ0) is 18.0. The summed E-state index contributed by atoms with van der Waals surface area (Å²) >= 11 is 0. The number of aliphatic hydroxyl groups excluding tert-OH is 1. The number of hydrogen-bond acceptors (Lipinski definition) is 6. The van der Waals surface area contributed by atoms with Gasteiger partial charge >= 0.3 is 6.18 Å². The summed E-state index contributed by atoms with van der Waals surface area (Å²) < 4.78 is 39.6. The van der Waals surface area contributed by atoms with Gasteiger partial charge in [0.15, 0.2) is 0 Å². The van der Waals surface area contributed by atoms with E-state index in [0.29, 0.717) is 18.1 Å². The number of nitrogens with zero attached hydrogens (tertiary/aromatic N) is 5. The van der Waals surface area contributed by atoms with Crippen molar-refractivity contribution in [3.8, 4) is 0 Å². The molecule has 0 saturated carbocycles. The van der Waals surface area contributed by atoms with Crippen molar-refractivity contribution in [2.45, 2.75) is 38.4 Å². The highest BCUT2D eigenvalue weighted by Crippen LogP contribution is 2.27. The SMILES string of the molecule is Cc1cc(NC(CO)CN2CCCCC2)n2nc(C(F)(F)F)nc2n1. The number of fused-ring (bicyclic) bond motifs is 1. The lowest BCUT2D eigenvalue weighted by molar-refractivity contribution is -0.144. The summed E-state index contributed by atoms with van der Waals surface area (Å²) in [5.41, 5.74) is 0.519. The molecule has 3 heterocycles. The Kier molecular flexibility index (Phi) is 5.09. The number of piperidine rings is 1. The van der Waals surface area contributed by atoms with Crippen LogP contribution in [0, 0.1) is 6.92 Å². The summed E-state index contributed by atoms with van der Waals surface area (Å²) in [6, 6.07) is 1.28. The maximum absolute atomic E-state index is 12.9. The van der Waals surface area contributed by atoms with E-state index in [1.54, 1.807) is 13.0 Å². The van der Waals surface area contributed by atoms with Gasteiger partial charge in [-0.05, 0) is 32.9 Å². The largest absolute Gasteiger partial charge is 0.453 e. The minimum atomic E-state index is -4.64. The van der Waals surface area contributed by atoms with Crippen LogP contribution in [0.25, 0.3) is 5.78 Å². The first-order chi connectivity index (χ1) is 11.9. The number of hydrogen-bond donors (Lipinski definition) is 2. The van der Waals surface area contributed by atoms with Gasteiger partial charge in [0.2, 0.25) is 0 Å². The average molecular weight is 358 g/mol. The fraction of sp³-hybridized carbons (Fsp3) is 0.667. The van der Waals surface area contributed by atoms with Gasteiger partial charge in [-0.1, -0.05) is 6.42 Å². The maximum Gasteiger partial charge on any atom is 0.453 e. The molecular weight excluding hydrogens is 337 g/mol. The summed E-state index contributed by atoms with van der Waals surface area (Å²) in [6.07, 6.45) is -1.19. The van der Waals surface area contributed by atoms with Crippen LogP contribution in [0.5, 0.6) is 0 Å². The van der Waals surface area contributed by atoms with Crippen molar-refractivity contribution in [2.75, 3.05) is 31.6 Å². The number of rotatable bonds is 5. The number of halogens is 3. The molecule has 0 radical (unpaired) electrons. The van der Waals surface area contributed by atoms with E-state index in [-0.39, 0.29) is 18.4 Å². The van der Waals surface area contributed by atoms with Gasteiger partial charge in [0.1, 0.15) is 5.82 Å². The molecule has 1 saturated heterocycles. The summed E-state index contributed by atoms with van der Waals surface area (Å²) in [7, 11) is 0. The Labute approximate surface area is 142 Å². The lowest BCUT2D eigenvalue weighted by Gasteiger charge is -2.30. The molecule has 3 rings (SSSR count). The number of aliphatic hydroxyl groups is 1. The first-order valence-electron chi connectivity index (χ1n) is 8.28. The van der Waals surface area contributed by atoms with Gasteiger partial charge in [-0.25, -0.2) is 4.98 Å². The van der Waals surface area contributed by atoms with E-state index in [0.717, 1.165) is 30.4 Å². The van der Waals surface area contributed by atoms with E-state index in [1.165, 1.54) is 6.42 Å². The number of anilines is 1. The molecule has 1 fully saturated rings. The van der Waals surface area contributed by atoms with Crippen molar-refractivity contribution in [2.24, 2.45) is 0 Å². The van der Waals surface area contributed by atoms with E-state index < -0.39 is 12.0 Å². The Morgan fingerprint density at radius 3 is 2.60 bits per heavy atom. The van der Waals surface area contributed by atoms with Gasteiger partial charge in [-0.3, -0.25) is 0 Å². The van der Waals surface area contributed by atoms with Gasteiger partial charge in [0, 0.05) is 18.3 Å². The minimum Gasteiger partial charge on any atom is -0.394 e. The first kappa shape index (κ1) is 17.9. The molecule has 1 aliphatic rings. The predicted molar refractivity (Wildman–Crippen MR) is 85.3 cm³/mol. The van der Waals surface area contributed by atoms with Crippen LogP contribution in [0.2, 0.25) is 0 Å². The highest BCUT2D eigenvalue weighted by atomic mass is 19.4. The Morgan fingerprint density at radius 1 is 1.24 bits per heavy atom. The molecule has 138 valence electrons. The quantitative estimate of drug-likeness (QED) is 0.847. The normalized spacial score (nSPS) is 17.8. The zero-order valence-electron chi connectivity index (χ0n) is 13.9. The standard InChI is InChI=1S/C15H21F3N6O/c1-10-7-12(20-11(9-25)8-23-5-3-2-4-6-23)24-14(19-10)21-13(22-24)15(16,17)18/h7,11,20,25H,2-6,8-9H2,1H3. The summed E-state index contributed by atoms with van der Waals surface area (Å²) in [4.78, 5) is 9.69. The van der Waals surface area contributed by atoms with Crippen LogP contribution in [0.15, 0.2) is 6.07 Å². The molecule has 0 aromatic carbocycles. The Hall–Kier alpha value is -1.94. The third kappa shape index (κ3) is 4.18. The molecule has 2 aromatic rings. The van der Waals surface area contributed by atoms with Gasteiger partial charge in [-0.2, -0.15) is 22.7 Å². The number of nitrogens with one attached hydrogen (secondary N) is 1. The zero-order valence-corrected chi connectivity index (χ0v) is 13.9. The molecule has 1 atom stereocenters. The van der Waals surface area contributed by atoms with Gasteiger partial charge in [0.25, 0.3) is 11.6 Å². The van der Waals surface area contributed by atoms with E-state index >= 15 is 0 Å². The van der Waals surface area contributed by atoms with Crippen molar-refractivity contribution in [3.05, 3.63) is 17.6 Å². The van der Waals surface area contributed by atoms with Gasteiger partial charge in [0.05, 0.1) is 12.6 Å². The molecule has 2 N–H and O–H groups in total. The lowest BCUT2D eigenvalue weighted by Crippen LogP contribution is -2.41. The van der Waals surface area contributed by atoms with E-state index in [4.69, 9.17) is 0 Å². The molecule has 7 nitrogen and oxygen atoms in total. The Balaban J connectivity index is 1.84. The van der Waals surface area contributed by atoms with Gasteiger partial charge in [-0.15, -0.1) is 5.10 Å². The van der Waals surface area contributed by atoms with E-state index in [2.05, 4.69) is 25.3 Å². The lowest BCUT2D eigenvalue weighted by atomic mass is 10.1. The molecule has 0 bridgehead atoms. The fourth-order valence-electron chi connectivity index (χ4n) is 3.02. The molecule has 10 heteroatoms. The summed E-state index contributed by atoms with van der Waals surface area (Å²) in [5.74, 6) is -1.02. The van der Waals surface area contributed by atoms with Gasteiger partial charge < -0.3 is 15.3 Å². The Bertz CT molecular complexity index is 726. The first-order valence-corrected chi connectivity index (χ1v) is 8.28. The number of aryl methyl sites for hydroxylation is 1. The molecule has 0 aliphatic carbocycles. The second kappa shape index (κ2) is 7.12. The van der Waals surface area contributed by atoms with Crippen molar-refractivity contribution < 1.29 is 18.3 Å². The predicted octanol–water partition coefficient (Wildman–Crippen LogP) is 1.71. The Morgan fingerprint density at radius 2 is 1.96 bits per heavy atom. The van der Waals surface area contributed by atoms with Crippen molar-refractivity contribution in [1.29, 1.82) is 0 Å². The molecule has 0 amide bonds. The highest BCUT2D eigenvalue weighted by Gasteiger charge is 2.37. The number of aromatic nitrogens is 4. The van der Waals surface area contributed by atoms with E-state index in [9.17, 15) is 18.3 Å². The monoisotopic (exact) mass is 358 g/mol. The minimum absolute atomic E-state index is 0.121. The highest BCUT2D eigenvalue weighted by molar-refractivity contribution is 5.46. The van der Waals surface area contributed by atoms with Crippen LogP contribution in [0.1, 0.15) is 30.8 Å². The third-order valence-electron chi connectivity index (χ3n) is 4.19. The summed E-state index contributed by atoms with van der Waals surface area (Å²) in [6.45, 7) is 4.07. The van der Waals surface area contributed by atoms with Crippen LogP contribution in [0.3, 0.4) is 0 Å². The molecule has 25 heavy (non-hydrogen) atoms. The second-order valence-electron chi connectivity index (χ2n) is 6.31.